The Balaban J connectivity index is 1.93. The number of hydrogen-bond donors (Lipinski definition) is 0. The third kappa shape index (κ3) is 2.92. The van der Waals surface area contributed by atoms with Crippen molar-refractivity contribution in [1.29, 1.82) is 0 Å². The Morgan fingerprint density at radius 2 is 1.67 bits per heavy atom. The van der Waals surface area contributed by atoms with E-state index in [1.165, 1.54) is 11.4 Å². The van der Waals surface area contributed by atoms with Crippen LogP contribution in [0.25, 0.3) is 10.8 Å². The lowest BCUT2D eigenvalue weighted by atomic mass is 10.1. The van der Waals surface area contributed by atoms with Crippen LogP contribution in [0.2, 0.25) is 0 Å². The van der Waals surface area contributed by atoms with Crippen LogP contribution >= 0.6 is 0 Å². The molecule has 1 amide bonds. The van der Waals surface area contributed by atoms with Crippen LogP contribution in [0.4, 0.5) is 0 Å². The Bertz CT molecular complexity index is 959. The van der Waals surface area contributed by atoms with Crippen molar-refractivity contribution < 1.29 is 13.2 Å². The van der Waals surface area contributed by atoms with E-state index in [9.17, 15) is 18.0 Å². The Labute approximate surface area is 139 Å². The second-order valence-corrected chi connectivity index (χ2v) is 7.76. The Kier molecular flexibility index (Phi) is 4.14. The second-order valence-electron chi connectivity index (χ2n) is 5.78. The number of carbonyl (C=O) groups excluding carboxylic acids is 1. The van der Waals surface area contributed by atoms with Crippen LogP contribution in [0.15, 0.2) is 29.1 Å². The van der Waals surface area contributed by atoms with E-state index in [0.717, 1.165) is 10.9 Å². The van der Waals surface area contributed by atoms with Crippen LogP contribution in [0.3, 0.4) is 0 Å². The summed E-state index contributed by atoms with van der Waals surface area (Å²) in [5.41, 5.74) is -0.0513. The molecule has 24 heavy (non-hydrogen) atoms. The van der Waals surface area contributed by atoms with Crippen molar-refractivity contribution in [3.63, 3.8) is 0 Å². The van der Waals surface area contributed by atoms with Crippen LogP contribution in [0.5, 0.6) is 0 Å². The Morgan fingerprint density at radius 3 is 2.25 bits per heavy atom. The van der Waals surface area contributed by atoms with Crippen molar-refractivity contribution in [1.82, 2.24) is 19.0 Å². The van der Waals surface area contributed by atoms with Crippen molar-refractivity contribution in [2.45, 2.75) is 0 Å². The summed E-state index contributed by atoms with van der Waals surface area (Å²) in [6.07, 6.45) is 1.16. The summed E-state index contributed by atoms with van der Waals surface area (Å²) in [6.45, 7) is 1.11. The Morgan fingerprint density at radius 1 is 1.08 bits per heavy atom. The van der Waals surface area contributed by atoms with Crippen molar-refractivity contribution in [2.24, 2.45) is 7.05 Å². The smallest absolute Gasteiger partial charge is 0.275 e. The SMILES string of the molecule is Cn1nc(C(=O)N2CCN(S(C)(=O)=O)CC2)c2ccccc2c1=O. The highest BCUT2D eigenvalue weighted by Crippen LogP contribution is 2.16. The maximum atomic E-state index is 12.8. The molecule has 8 nitrogen and oxygen atoms in total. The fraction of sp³-hybridized carbons (Fsp3) is 0.400. The molecule has 1 saturated heterocycles. The molecule has 3 rings (SSSR count). The van der Waals surface area contributed by atoms with E-state index in [2.05, 4.69) is 5.10 Å². The summed E-state index contributed by atoms with van der Waals surface area (Å²) in [6, 6.07) is 6.85. The first-order valence-electron chi connectivity index (χ1n) is 7.49. The molecule has 1 aliphatic heterocycles. The molecule has 1 aromatic heterocycles. The first-order chi connectivity index (χ1) is 11.3. The molecule has 1 aliphatic rings. The lowest BCUT2D eigenvalue weighted by molar-refractivity contribution is 0.0692. The molecule has 0 aliphatic carbocycles. The molecule has 0 spiro atoms. The van der Waals surface area contributed by atoms with Crippen LogP contribution in [0, 0.1) is 0 Å². The molecule has 2 heterocycles. The number of hydrogen-bond acceptors (Lipinski definition) is 5. The molecule has 1 fully saturated rings. The molecule has 0 bridgehead atoms. The average molecular weight is 350 g/mol. The summed E-state index contributed by atoms with van der Waals surface area (Å²) in [4.78, 5) is 26.5. The zero-order chi connectivity index (χ0) is 17.5. The normalized spacial score (nSPS) is 16.5. The van der Waals surface area contributed by atoms with Crippen LogP contribution < -0.4 is 5.56 Å². The summed E-state index contributed by atoms with van der Waals surface area (Å²) >= 11 is 0. The minimum atomic E-state index is -3.25. The molecular weight excluding hydrogens is 332 g/mol. The molecule has 0 atom stereocenters. The van der Waals surface area contributed by atoms with E-state index in [0.29, 0.717) is 23.9 Å². The second kappa shape index (κ2) is 5.99. The van der Waals surface area contributed by atoms with Gasteiger partial charge in [0, 0.05) is 38.6 Å². The van der Waals surface area contributed by atoms with Gasteiger partial charge in [0.1, 0.15) is 0 Å². The van der Waals surface area contributed by atoms with Gasteiger partial charge in [-0.15, -0.1) is 0 Å². The summed E-state index contributed by atoms with van der Waals surface area (Å²) < 4.78 is 25.6. The average Bonchev–Trinajstić information content (AvgIpc) is 2.57. The number of amides is 1. The monoisotopic (exact) mass is 350 g/mol. The van der Waals surface area contributed by atoms with E-state index >= 15 is 0 Å². The minimum absolute atomic E-state index is 0.209. The van der Waals surface area contributed by atoms with E-state index in [1.54, 1.807) is 29.2 Å². The molecule has 0 unspecified atom stereocenters. The predicted octanol–water partition coefficient (Wildman–Crippen LogP) is -0.349. The zero-order valence-corrected chi connectivity index (χ0v) is 14.3. The number of benzene rings is 1. The van der Waals surface area contributed by atoms with Crippen molar-refractivity contribution in [3.8, 4) is 0 Å². The fourth-order valence-electron chi connectivity index (χ4n) is 2.83. The third-order valence-electron chi connectivity index (χ3n) is 4.15. The van der Waals surface area contributed by atoms with Gasteiger partial charge < -0.3 is 4.90 Å². The number of nitrogens with zero attached hydrogens (tertiary/aromatic N) is 4. The standard InChI is InChI=1S/C15H18N4O4S/c1-17-14(20)12-6-4-3-5-11(12)13(16-17)15(21)18-7-9-19(10-8-18)24(2,22)23/h3-6H,7-10H2,1-2H3. The van der Waals surface area contributed by atoms with Crippen molar-refractivity contribution in [3.05, 3.63) is 40.3 Å². The summed E-state index contributed by atoms with van der Waals surface area (Å²) in [5.74, 6) is -0.296. The van der Waals surface area contributed by atoms with Gasteiger partial charge in [-0.1, -0.05) is 18.2 Å². The predicted molar refractivity (Wildman–Crippen MR) is 89.3 cm³/mol. The van der Waals surface area contributed by atoms with Crippen LogP contribution in [0.1, 0.15) is 10.5 Å². The van der Waals surface area contributed by atoms with E-state index in [1.807, 2.05) is 0 Å². The first kappa shape index (κ1) is 16.6. The maximum Gasteiger partial charge on any atom is 0.275 e. The molecule has 9 heteroatoms. The molecule has 0 saturated carbocycles. The van der Waals surface area contributed by atoms with Gasteiger partial charge in [0.25, 0.3) is 11.5 Å². The van der Waals surface area contributed by atoms with Crippen molar-refractivity contribution in [2.75, 3.05) is 32.4 Å². The number of sulfonamides is 1. The summed E-state index contributed by atoms with van der Waals surface area (Å²) in [5, 5.41) is 5.07. The third-order valence-corrected chi connectivity index (χ3v) is 5.46. The van der Waals surface area contributed by atoms with Gasteiger partial charge in [0.2, 0.25) is 10.0 Å². The van der Waals surface area contributed by atoms with Gasteiger partial charge in [0.15, 0.2) is 5.69 Å². The van der Waals surface area contributed by atoms with Gasteiger partial charge in [-0.2, -0.15) is 9.40 Å². The highest BCUT2D eigenvalue weighted by Gasteiger charge is 2.28. The largest absolute Gasteiger partial charge is 0.335 e. The Hall–Kier alpha value is -2.26. The van der Waals surface area contributed by atoms with E-state index < -0.39 is 10.0 Å². The lowest BCUT2D eigenvalue weighted by Crippen LogP contribution is -2.50. The minimum Gasteiger partial charge on any atom is -0.335 e. The number of fused-ring (bicyclic) bond motifs is 1. The van der Waals surface area contributed by atoms with Gasteiger partial charge in [0.05, 0.1) is 11.6 Å². The molecule has 2 aromatic rings. The number of piperazine rings is 1. The lowest BCUT2D eigenvalue weighted by Gasteiger charge is -2.33. The first-order valence-corrected chi connectivity index (χ1v) is 9.34. The van der Waals surface area contributed by atoms with Gasteiger partial charge in [-0.3, -0.25) is 9.59 Å². The van der Waals surface area contributed by atoms with Crippen molar-refractivity contribution >= 4 is 26.7 Å². The molecule has 128 valence electrons. The zero-order valence-electron chi connectivity index (χ0n) is 13.5. The fourth-order valence-corrected chi connectivity index (χ4v) is 3.66. The summed E-state index contributed by atoms with van der Waals surface area (Å²) in [7, 11) is -1.75. The van der Waals surface area contributed by atoms with Crippen LogP contribution in [-0.2, 0) is 17.1 Å². The van der Waals surface area contributed by atoms with Crippen LogP contribution in [-0.4, -0.2) is 65.7 Å². The van der Waals surface area contributed by atoms with Gasteiger partial charge in [-0.05, 0) is 6.07 Å². The maximum absolute atomic E-state index is 12.8. The number of carbonyl (C=O) groups is 1. The van der Waals surface area contributed by atoms with Gasteiger partial charge in [-0.25, -0.2) is 13.1 Å². The van der Waals surface area contributed by atoms with E-state index in [4.69, 9.17) is 0 Å². The molecular formula is C15H18N4O4S. The topological polar surface area (TPSA) is 92.6 Å². The quantitative estimate of drug-likeness (QED) is 0.738. The number of rotatable bonds is 2. The van der Waals surface area contributed by atoms with E-state index in [-0.39, 0.29) is 30.2 Å². The van der Waals surface area contributed by atoms with Gasteiger partial charge >= 0.3 is 0 Å². The number of aryl methyl sites for hydroxylation is 1. The highest BCUT2D eigenvalue weighted by molar-refractivity contribution is 7.88. The number of aromatic nitrogens is 2. The molecule has 0 radical (unpaired) electrons. The molecule has 1 aromatic carbocycles. The molecule has 0 N–H and O–H groups in total. The highest BCUT2D eigenvalue weighted by atomic mass is 32.2.